The van der Waals surface area contributed by atoms with Gasteiger partial charge in [0.25, 0.3) is 5.91 Å². The van der Waals surface area contributed by atoms with Gasteiger partial charge in [0.05, 0.1) is 12.0 Å². The van der Waals surface area contributed by atoms with E-state index in [-0.39, 0.29) is 11.7 Å². The van der Waals surface area contributed by atoms with Crippen LogP contribution in [-0.4, -0.2) is 38.6 Å². The van der Waals surface area contributed by atoms with E-state index in [0.717, 1.165) is 22.4 Å². The molecule has 0 saturated heterocycles. The van der Waals surface area contributed by atoms with Crippen molar-refractivity contribution in [1.29, 1.82) is 0 Å². The summed E-state index contributed by atoms with van der Waals surface area (Å²) in [4.78, 5) is 24.6. The number of thioether (sulfide) groups is 1. The molecule has 0 aliphatic heterocycles. The Hall–Kier alpha value is -5.28. The number of amides is 1. The Morgan fingerprint density at radius 1 is 0.805 bits per heavy atom. The molecule has 1 N–H and O–H groups in total. The van der Waals surface area contributed by atoms with Gasteiger partial charge in [-0.25, -0.2) is 10.2 Å². The molecule has 1 amide bonds. The van der Waals surface area contributed by atoms with Crippen LogP contribution in [-0.2, 0) is 9.59 Å². The lowest BCUT2D eigenvalue weighted by atomic mass is 10.2. The number of para-hydroxylation sites is 1. The average molecular weight is 560 g/mol. The standard InChI is InChI=1S/C32H25N5O3S/c38-29(23-41-32-36-35-31(26-12-6-2-7-13-26)37(32)27-14-8-3-9-15-27)34-33-22-25-16-19-28(20-17-25)40-30(39)21-18-24-10-4-1-5-11-24/h1-22H,23H2,(H,34,38)/b21-18+,33-22-. The molecular formula is C32H25N5O3S. The molecule has 1 heterocycles. The Morgan fingerprint density at radius 2 is 1.46 bits per heavy atom. The zero-order chi connectivity index (χ0) is 28.3. The van der Waals surface area contributed by atoms with Crippen LogP contribution in [0.4, 0.5) is 0 Å². The molecule has 0 bridgehead atoms. The van der Waals surface area contributed by atoms with E-state index in [0.29, 0.717) is 16.7 Å². The Morgan fingerprint density at radius 3 is 2.17 bits per heavy atom. The summed E-state index contributed by atoms with van der Waals surface area (Å²) in [6.07, 6.45) is 4.59. The molecule has 0 atom stereocenters. The van der Waals surface area contributed by atoms with Gasteiger partial charge in [-0.3, -0.25) is 9.36 Å². The summed E-state index contributed by atoms with van der Waals surface area (Å²) >= 11 is 1.27. The smallest absolute Gasteiger partial charge is 0.336 e. The fraction of sp³-hybridized carbons (Fsp3) is 0.0312. The summed E-state index contributed by atoms with van der Waals surface area (Å²) in [5.41, 5.74) is 6.00. The van der Waals surface area contributed by atoms with Gasteiger partial charge >= 0.3 is 5.97 Å². The van der Waals surface area contributed by atoms with E-state index >= 15 is 0 Å². The minimum Gasteiger partial charge on any atom is -0.423 e. The number of rotatable bonds is 10. The maximum atomic E-state index is 12.5. The highest BCUT2D eigenvalue weighted by molar-refractivity contribution is 7.99. The monoisotopic (exact) mass is 559 g/mol. The zero-order valence-corrected chi connectivity index (χ0v) is 22.6. The minimum absolute atomic E-state index is 0.0997. The Balaban J connectivity index is 1.15. The molecule has 8 nitrogen and oxygen atoms in total. The van der Waals surface area contributed by atoms with Gasteiger partial charge in [-0.2, -0.15) is 5.10 Å². The number of nitrogens with zero attached hydrogens (tertiary/aromatic N) is 4. The maximum Gasteiger partial charge on any atom is 0.336 e. The van der Waals surface area contributed by atoms with Gasteiger partial charge < -0.3 is 4.74 Å². The number of aromatic nitrogens is 3. The second kappa shape index (κ2) is 13.7. The van der Waals surface area contributed by atoms with Crippen LogP contribution in [0.1, 0.15) is 11.1 Å². The third kappa shape index (κ3) is 7.65. The van der Waals surface area contributed by atoms with E-state index in [4.69, 9.17) is 4.74 Å². The lowest BCUT2D eigenvalue weighted by Crippen LogP contribution is -2.20. The third-order valence-corrected chi connectivity index (χ3v) is 6.65. The first-order valence-electron chi connectivity index (χ1n) is 12.7. The van der Waals surface area contributed by atoms with Crippen LogP contribution in [0.15, 0.2) is 132 Å². The normalized spacial score (nSPS) is 11.1. The van der Waals surface area contributed by atoms with Gasteiger partial charge in [0, 0.05) is 17.3 Å². The highest BCUT2D eigenvalue weighted by Crippen LogP contribution is 2.27. The third-order valence-electron chi connectivity index (χ3n) is 5.72. The highest BCUT2D eigenvalue weighted by atomic mass is 32.2. The first-order chi connectivity index (χ1) is 20.2. The lowest BCUT2D eigenvalue weighted by molar-refractivity contribution is -0.129. The van der Waals surface area contributed by atoms with E-state index in [2.05, 4.69) is 20.7 Å². The van der Waals surface area contributed by atoms with Crippen LogP contribution in [0.2, 0.25) is 0 Å². The van der Waals surface area contributed by atoms with Crippen molar-refractivity contribution in [3.8, 4) is 22.8 Å². The van der Waals surface area contributed by atoms with E-state index in [1.54, 1.807) is 30.3 Å². The predicted octanol–water partition coefficient (Wildman–Crippen LogP) is 5.80. The first-order valence-corrected chi connectivity index (χ1v) is 13.7. The van der Waals surface area contributed by atoms with E-state index < -0.39 is 5.97 Å². The number of carbonyl (C=O) groups is 2. The molecule has 0 unspecified atom stereocenters. The number of nitrogens with one attached hydrogen (secondary N) is 1. The number of hydrogen-bond donors (Lipinski definition) is 1. The largest absolute Gasteiger partial charge is 0.423 e. The molecule has 0 radical (unpaired) electrons. The molecule has 0 aliphatic rings. The molecule has 5 aromatic rings. The first kappa shape index (κ1) is 27.3. The van der Waals surface area contributed by atoms with E-state index in [1.807, 2.05) is 95.6 Å². The zero-order valence-electron chi connectivity index (χ0n) is 21.8. The van der Waals surface area contributed by atoms with Gasteiger partial charge in [-0.1, -0.05) is 90.6 Å². The quantitative estimate of drug-likeness (QED) is 0.0580. The van der Waals surface area contributed by atoms with Crippen molar-refractivity contribution in [3.63, 3.8) is 0 Å². The van der Waals surface area contributed by atoms with Gasteiger partial charge in [-0.15, -0.1) is 10.2 Å². The van der Waals surface area contributed by atoms with Crippen molar-refractivity contribution in [2.75, 3.05) is 5.75 Å². The Labute approximate surface area is 241 Å². The number of ether oxygens (including phenoxy) is 1. The molecule has 0 spiro atoms. The molecule has 5 rings (SSSR count). The summed E-state index contributed by atoms with van der Waals surface area (Å²) in [6, 6.07) is 35.8. The predicted molar refractivity (Wildman–Crippen MR) is 161 cm³/mol. The van der Waals surface area contributed by atoms with Crippen LogP contribution < -0.4 is 10.2 Å². The van der Waals surface area contributed by atoms with Crippen molar-refractivity contribution >= 4 is 35.9 Å². The van der Waals surface area contributed by atoms with E-state index in [9.17, 15) is 9.59 Å². The van der Waals surface area contributed by atoms with Gasteiger partial charge in [0.2, 0.25) is 0 Å². The van der Waals surface area contributed by atoms with Crippen molar-refractivity contribution in [2.45, 2.75) is 5.16 Å². The molecular weight excluding hydrogens is 534 g/mol. The molecule has 4 aromatic carbocycles. The molecule has 202 valence electrons. The SMILES string of the molecule is O=C(CSc1nnc(-c2ccccc2)n1-c1ccccc1)N/N=C\c1ccc(OC(=O)/C=C/c2ccccc2)cc1. The van der Waals surface area contributed by atoms with Crippen molar-refractivity contribution in [3.05, 3.63) is 132 Å². The van der Waals surface area contributed by atoms with Crippen LogP contribution in [0.25, 0.3) is 23.2 Å². The van der Waals surface area contributed by atoms with Crippen LogP contribution >= 0.6 is 11.8 Å². The van der Waals surface area contributed by atoms with Gasteiger partial charge in [-0.05, 0) is 53.6 Å². The van der Waals surface area contributed by atoms with Crippen LogP contribution in [0.3, 0.4) is 0 Å². The average Bonchev–Trinajstić information content (AvgIpc) is 3.45. The van der Waals surface area contributed by atoms with Crippen molar-refractivity contribution in [2.24, 2.45) is 5.10 Å². The molecule has 0 fully saturated rings. The fourth-order valence-electron chi connectivity index (χ4n) is 3.79. The van der Waals surface area contributed by atoms with Gasteiger partial charge in [0.1, 0.15) is 5.75 Å². The summed E-state index contributed by atoms with van der Waals surface area (Å²) in [5, 5.41) is 13.4. The van der Waals surface area contributed by atoms with Crippen LogP contribution in [0.5, 0.6) is 5.75 Å². The maximum absolute atomic E-state index is 12.5. The summed E-state index contributed by atoms with van der Waals surface area (Å²) in [5.74, 6) is 0.439. The molecule has 1 aromatic heterocycles. The summed E-state index contributed by atoms with van der Waals surface area (Å²) < 4.78 is 7.26. The number of esters is 1. The number of carbonyl (C=O) groups excluding carboxylic acids is 2. The summed E-state index contributed by atoms with van der Waals surface area (Å²) in [6.45, 7) is 0. The summed E-state index contributed by atoms with van der Waals surface area (Å²) in [7, 11) is 0. The molecule has 0 saturated carbocycles. The molecule has 9 heteroatoms. The van der Waals surface area contributed by atoms with Gasteiger partial charge in [0.15, 0.2) is 11.0 Å². The highest BCUT2D eigenvalue weighted by Gasteiger charge is 2.17. The second-order valence-electron chi connectivity index (χ2n) is 8.66. The fourth-order valence-corrected chi connectivity index (χ4v) is 4.53. The molecule has 0 aliphatic carbocycles. The van der Waals surface area contributed by atoms with Crippen molar-refractivity contribution < 1.29 is 14.3 Å². The lowest BCUT2D eigenvalue weighted by Gasteiger charge is -2.10. The number of benzene rings is 4. The second-order valence-corrected chi connectivity index (χ2v) is 9.60. The minimum atomic E-state index is -0.473. The Bertz CT molecular complexity index is 1650. The number of hydrazone groups is 1. The van der Waals surface area contributed by atoms with E-state index in [1.165, 1.54) is 24.1 Å². The van der Waals surface area contributed by atoms with Crippen molar-refractivity contribution in [1.82, 2.24) is 20.2 Å². The number of hydrogen-bond acceptors (Lipinski definition) is 7. The van der Waals surface area contributed by atoms with Crippen LogP contribution in [0, 0.1) is 0 Å². The molecule has 41 heavy (non-hydrogen) atoms. The topological polar surface area (TPSA) is 98.5 Å². The Kier molecular flexibility index (Phi) is 9.11.